The van der Waals surface area contributed by atoms with Crippen LogP contribution in [0.1, 0.15) is 11.1 Å². The number of aromatic nitrogens is 1. The Balaban J connectivity index is 1.60. The Hall–Kier alpha value is -2.64. The van der Waals surface area contributed by atoms with Crippen LogP contribution in [-0.2, 0) is 34.8 Å². The van der Waals surface area contributed by atoms with E-state index in [4.69, 9.17) is 0 Å². The maximum absolute atomic E-state index is 12.7. The van der Waals surface area contributed by atoms with Crippen molar-refractivity contribution < 1.29 is 13.2 Å². The lowest BCUT2D eigenvalue weighted by Gasteiger charge is -2.11. The van der Waals surface area contributed by atoms with Crippen LogP contribution in [0.5, 0.6) is 0 Å². The first-order chi connectivity index (χ1) is 12.4. The fraction of sp³-hybridized carbons (Fsp3) is 0.211. The number of fused-ring (bicyclic) bond motifs is 2. The van der Waals surface area contributed by atoms with E-state index in [9.17, 15) is 13.2 Å². The molecule has 0 aliphatic carbocycles. The summed E-state index contributed by atoms with van der Waals surface area (Å²) < 4.78 is 30.0. The number of anilines is 1. The molecule has 2 heterocycles. The molecule has 1 aromatic heterocycles. The number of carbonyl (C=O) groups is 1. The quantitative estimate of drug-likeness (QED) is 0.766. The Morgan fingerprint density at radius 2 is 1.88 bits per heavy atom. The number of hydrogen-bond acceptors (Lipinski definition) is 3. The van der Waals surface area contributed by atoms with Gasteiger partial charge in [-0.1, -0.05) is 18.2 Å². The summed E-state index contributed by atoms with van der Waals surface area (Å²) in [6, 6.07) is 12.7. The van der Waals surface area contributed by atoms with Gasteiger partial charge in [0, 0.05) is 43.4 Å². The van der Waals surface area contributed by atoms with E-state index >= 15 is 0 Å². The van der Waals surface area contributed by atoms with E-state index in [2.05, 4.69) is 4.72 Å². The number of hydrogen-bond donors (Lipinski definition) is 1. The number of benzene rings is 2. The van der Waals surface area contributed by atoms with E-state index in [1.54, 1.807) is 30.1 Å². The normalized spacial score (nSPS) is 14.2. The van der Waals surface area contributed by atoms with E-state index in [1.807, 2.05) is 42.1 Å². The van der Waals surface area contributed by atoms with Crippen molar-refractivity contribution in [3.05, 3.63) is 59.8 Å². The lowest BCUT2D eigenvalue weighted by atomic mass is 10.2. The molecule has 0 atom stereocenters. The molecule has 6 nitrogen and oxygen atoms in total. The van der Waals surface area contributed by atoms with Crippen LogP contribution in [0.2, 0.25) is 0 Å². The molecular formula is C19H19N3O3S. The van der Waals surface area contributed by atoms with E-state index in [0.29, 0.717) is 0 Å². The minimum atomic E-state index is -3.66. The highest BCUT2D eigenvalue weighted by atomic mass is 32.2. The molecule has 7 heteroatoms. The molecule has 1 aliphatic heterocycles. The first kappa shape index (κ1) is 16.8. The smallest absolute Gasteiger partial charge is 0.240 e. The monoisotopic (exact) mass is 369 g/mol. The van der Waals surface area contributed by atoms with Gasteiger partial charge in [0.25, 0.3) is 0 Å². The number of nitrogens with zero attached hydrogens (tertiary/aromatic N) is 2. The number of amides is 1. The van der Waals surface area contributed by atoms with Gasteiger partial charge in [-0.05, 0) is 35.4 Å². The summed E-state index contributed by atoms with van der Waals surface area (Å²) in [5.74, 6) is -0.0294. The van der Waals surface area contributed by atoms with Gasteiger partial charge in [-0.15, -0.1) is 0 Å². The molecular weight excluding hydrogens is 350 g/mol. The Kier molecular flexibility index (Phi) is 3.86. The molecule has 0 fully saturated rings. The van der Waals surface area contributed by atoms with Gasteiger partial charge in [0.2, 0.25) is 15.9 Å². The molecule has 1 N–H and O–H groups in total. The topological polar surface area (TPSA) is 71.4 Å². The predicted molar refractivity (Wildman–Crippen MR) is 101 cm³/mol. The van der Waals surface area contributed by atoms with Gasteiger partial charge >= 0.3 is 0 Å². The highest BCUT2D eigenvalue weighted by Crippen LogP contribution is 2.30. The molecule has 0 spiro atoms. The van der Waals surface area contributed by atoms with Crippen LogP contribution in [0.3, 0.4) is 0 Å². The molecule has 0 bridgehead atoms. The Bertz CT molecular complexity index is 1130. The van der Waals surface area contributed by atoms with Crippen molar-refractivity contribution in [3.63, 3.8) is 0 Å². The maximum atomic E-state index is 12.7. The number of sulfonamides is 1. The molecule has 0 saturated carbocycles. The van der Waals surface area contributed by atoms with Crippen molar-refractivity contribution in [2.45, 2.75) is 17.9 Å². The molecule has 2 aromatic carbocycles. The van der Waals surface area contributed by atoms with Crippen LogP contribution < -0.4 is 9.62 Å². The number of aryl methyl sites for hydroxylation is 1. The van der Waals surface area contributed by atoms with Crippen LogP contribution in [0, 0.1) is 0 Å². The van der Waals surface area contributed by atoms with Crippen molar-refractivity contribution in [1.82, 2.24) is 9.29 Å². The van der Waals surface area contributed by atoms with E-state index in [0.717, 1.165) is 27.7 Å². The first-order valence-electron chi connectivity index (χ1n) is 8.29. The van der Waals surface area contributed by atoms with Crippen molar-refractivity contribution in [2.75, 3.05) is 11.9 Å². The number of likely N-dealkylation sites (N-methyl/N-ethyl adjacent to an activating group) is 1. The molecule has 4 rings (SSSR count). The van der Waals surface area contributed by atoms with Gasteiger partial charge < -0.3 is 9.47 Å². The molecule has 0 saturated heterocycles. The minimum absolute atomic E-state index is 0.0294. The second-order valence-electron chi connectivity index (χ2n) is 6.53. The summed E-state index contributed by atoms with van der Waals surface area (Å²) >= 11 is 0. The zero-order valence-corrected chi connectivity index (χ0v) is 15.4. The lowest BCUT2D eigenvalue weighted by molar-refractivity contribution is -0.117. The van der Waals surface area contributed by atoms with Gasteiger partial charge in [-0.3, -0.25) is 4.79 Å². The lowest BCUT2D eigenvalue weighted by Crippen LogP contribution is -2.23. The van der Waals surface area contributed by atoms with Crippen LogP contribution in [0.15, 0.2) is 53.6 Å². The fourth-order valence-corrected chi connectivity index (χ4v) is 4.49. The van der Waals surface area contributed by atoms with Gasteiger partial charge in [0.05, 0.1) is 11.3 Å². The molecule has 1 amide bonds. The summed E-state index contributed by atoms with van der Waals surface area (Å²) in [7, 11) is -0.0291. The SMILES string of the molecule is CN1C(=O)Cc2cc(S(=O)(=O)NCc3cn(C)c4ccccc34)ccc21. The summed E-state index contributed by atoms with van der Waals surface area (Å²) in [6.07, 6.45) is 2.17. The van der Waals surface area contributed by atoms with E-state index in [-0.39, 0.29) is 23.8 Å². The molecule has 26 heavy (non-hydrogen) atoms. The van der Waals surface area contributed by atoms with Crippen molar-refractivity contribution in [1.29, 1.82) is 0 Å². The number of para-hydroxylation sites is 1. The van der Waals surface area contributed by atoms with Crippen LogP contribution >= 0.6 is 0 Å². The van der Waals surface area contributed by atoms with E-state index < -0.39 is 10.0 Å². The fourth-order valence-electron chi connectivity index (χ4n) is 3.44. The van der Waals surface area contributed by atoms with Crippen LogP contribution in [-0.4, -0.2) is 25.9 Å². The van der Waals surface area contributed by atoms with Gasteiger partial charge in [-0.2, -0.15) is 0 Å². The zero-order valence-electron chi connectivity index (χ0n) is 14.6. The third-order valence-electron chi connectivity index (χ3n) is 4.87. The maximum Gasteiger partial charge on any atom is 0.240 e. The Morgan fingerprint density at radius 1 is 1.12 bits per heavy atom. The first-order valence-corrected chi connectivity index (χ1v) is 9.77. The van der Waals surface area contributed by atoms with Gasteiger partial charge in [0.1, 0.15) is 0 Å². The molecule has 0 radical (unpaired) electrons. The molecule has 1 aliphatic rings. The van der Waals surface area contributed by atoms with Gasteiger partial charge in [0.15, 0.2) is 0 Å². The van der Waals surface area contributed by atoms with Crippen molar-refractivity contribution in [2.24, 2.45) is 7.05 Å². The molecule has 0 unspecified atom stereocenters. The molecule has 134 valence electrons. The van der Waals surface area contributed by atoms with E-state index in [1.165, 1.54) is 0 Å². The summed E-state index contributed by atoms with van der Waals surface area (Å²) in [4.78, 5) is 13.5. The average molecular weight is 369 g/mol. The number of nitrogens with one attached hydrogen (secondary N) is 1. The standard InChI is InChI=1S/C19H19N3O3S/c1-21-12-14(16-5-3-4-6-18(16)21)11-20-26(24,25)15-7-8-17-13(9-15)10-19(23)22(17)2/h3-9,12,20H,10-11H2,1-2H3. The summed E-state index contributed by atoms with van der Waals surface area (Å²) in [5.41, 5.74) is 3.48. The average Bonchev–Trinajstić information content (AvgIpc) is 3.10. The van der Waals surface area contributed by atoms with Gasteiger partial charge in [-0.25, -0.2) is 13.1 Å². The third kappa shape index (κ3) is 2.69. The largest absolute Gasteiger partial charge is 0.350 e. The van der Waals surface area contributed by atoms with Crippen molar-refractivity contribution >= 4 is 32.5 Å². The van der Waals surface area contributed by atoms with Crippen molar-refractivity contribution in [3.8, 4) is 0 Å². The number of carbonyl (C=O) groups excluding carboxylic acids is 1. The number of rotatable bonds is 4. The zero-order chi connectivity index (χ0) is 18.5. The minimum Gasteiger partial charge on any atom is -0.350 e. The van der Waals surface area contributed by atoms with Crippen LogP contribution in [0.4, 0.5) is 5.69 Å². The predicted octanol–water partition coefficient (Wildman–Crippen LogP) is 2.18. The highest BCUT2D eigenvalue weighted by molar-refractivity contribution is 7.89. The second-order valence-corrected chi connectivity index (χ2v) is 8.29. The second kappa shape index (κ2) is 5.96. The Morgan fingerprint density at radius 3 is 2.69 bits per heavy atom. The Labute approximate surface area is 152 Å². The van der Waals surface area contributed by atoms with Crippen LogP contribution in [0.25, 0.3) is 10.9 Å². The summed E-state index contributed by atoms with van der Waals surface area (Å²) in [5, 5.41) is 1.03. The third-order valence-corrected chi connectivity index (χ3v) is 6.27. The molecule has 3 aromatic rings. The summed E-state index contributed by atoms with van der Waals surface area (Å²) in [6.45, 7) is 0.208. The highest BCUT2D eigenvalue weighted by Gasteiger charge is 2.26.